The summed E-state index contributed by atoms with van der Waals surface area (Å²) in [5, 5.41) is 14.8. The first-order valence-corrected chi connectivity index (χ1v) is 7.66. The molecule has 3 heteroatoms. The Kier molecular flexibility index (Phi) is 3.44. The highest BCUT2D eigenvalue weighted by Crippen LogP contribution is 2.44. The maximum absolute atomic E-state index is 10.7. The van der Waals surface area contributed by atoms with Crippen LogP contribution < -0.4 is 5.73 Å². The van der Waals surface area contributed by atoms with Crippen LogP contribution >= 0.6 is 11.3 Å². The zero-order valence-electron chi connectivity index (χ0n) is 10.9. The Bertz CT molecular complexity index is 552. The van der Waals surface area contributed by atoms with Crippen molar-refractivity contribution in [2.45, 2.75) is 25.4 Å². The molecule has 0 bridgehead atoms. The predicted octanol–water partition coefficient (Wildman–Crippen LogP) is 2.92. The van der Waals surface area contributed by atoms with Crippen molar-refractivity contribution in [3.63, 3.8) is 0 Å². The Labute approximate surface area is 117 Å². The highest BCUT2D eigenvalue weighted by molar-refractivity contribution is 7.07. The lowest BCUT2D eigenvalue weighted by Gasteiger charge is -2.41. The van der Waals surface area contributed by atoms with Gasteiger partial charge in [0.1, 0.15) is 0 Å². The molecule has 0 aliphatic heterocycles. The van der Waals surface area contributed by atoms with Gasteiger partial charge in [0.25, 0.3) is 0 Å². The highest BCUT2D eigenvalue weighted by Gasteiger charge is 2.40. The fraction of sp³-hybridized carbons (Fsp3) is 0.375. The number of hydrogen-bond acceptors (Lipinski definition) is 3. The molecule has 2 unspecified atom stereocenters. The van der Waals surface area contributed by atoms with E-state index < -0.39 is 6.10 Å². The number of rotatable bonds is 3. The number of nitrogens with two attached hydrogens (primary N) is 1. The van der Waals surface area contributed by atoms with Gasteiger partial charge in [-0.15, -0.1) is 0 Å². The summed E-state index contributed by atoms with van der Waals surface area (Å²) >= 11 is 1.63. The number of thiophene rings is 1. The monoisotopic (exact) mass is 273 g/mol. The molecule has 1 aliphatic rings. The van der Waals surface area contributed by atoms with Crippen LogP contribution in [0.1, 0.15) is 29.2 Å². The maximum atomic E-state index is 10.7. The summed E-state index contributed by atoms with van der Waals surface area (Å²) in [7, 11) is 0. The molecule has 3 N–H and O–H groups in total. The average Bonchev–Trinajstić information content (AvgIpc) is 3.00. The first kappa shape index (κ1) is 12.9. The van der Waals surface area contributed by atoms with E-state index in [0.29, 0.717) is 6.54 Å². The summed E-state index contributed by atoms with van der Waals surface area (Å²) in [6.07, 6.45) is 2.38. The van der Waals surface area contributed by atoms with Crippen molar-refractivity contribution in [1.29, 1.82) is 0 Å². The third-order valence-electron chi connectivity index (χ3n) is 4.40. The summed E-state index contributed by atoms with van der Waals surface area (Å²) in [4.78, 5) is 0. The van der Waals surface area contributed by atoms with Crippen molar-refractivity contribution >= 4 is 11.3 Å². The Hall–Kier alpha value is -1.16. The summed E-state index contributed by atoms with van der Waals surface area (Å²) in [5.41, 5.74) is 9.59. The largest absolute Gasteiger partial charge is 0.388 e. The molecule has 0 spiro atoms. The van der Waals surface area contributed by atoms with E-state index in [1.807, 2.05) is 16.8 Å². The molecule has 0 radical (unpaired) electrons. The number of aliphatic hydroxyl groups is 1. The lowest BCUT2D eigenvalue weighted by molar-refractivity contribution is 0.0181. The quantitative estimate of drug-likeness (QED) is 0.903. The summed E-state index contributed by atoms with van der Waals surface area (Å²) in [6, 6.07) is 10.5. The van der Waals surface area contributed by atoms with Gasteiger partial charge in [0.15, 0.2) is 0 Å². The SMILES string of the molecule is NCC1(C(O)c2ccsc2)CCc2ccccc2C1. The van der Waals surface area contributed by atoms with Gasteiger partial charge in [-0.3, -0.25) is 0 Å². The number of fused-ring (bicyclic) bond motifs is 1. The Morgan fingerprint density at radius 3 is 2.74 bits per heavy atom. The first-order chi connectivity index (χ1) is 9.25. The number of hydrogen-bond donors (Lipinski definition) is 2. The minimum Gasteiger partial charge on any atom is -0.388 e. The number of benzene rings is 1. The second kappa shape index (κ2) is 5.08. The standard InChI is InChI=1S/C16H19NOS/c17-11-16(15(18)14-6-8-19-10-14)7-5-12-3-1-2-4-13(12)9-16/h1-4,6,8,10,15,18H,5,7,9,11,17H2. The van der Waals surface area contributed by atoms with E-state index in [9.17, 15) is 5.11 Å². The molecule has 0 saturated heterocycles. The molecule has 2 aromatic rings. The van der Waals surface area contributed by atoms with Gasteiger partial charge in [-0.25, -0.2) is 0 Å². The van der Waals surface area contributed by atoms with Crippen LogP contribution in [0, 0.1) is 5.41 Å². The molecule has 19 heavy (non-hydrogen) atoms. The van der Waals surface area contributed by atoms with Gasteiger partial charge in [-0.1, -0.05) is 24.3 Å². The molecule has 0 amide bonds. The van der Waals surface area contributed by atoms with E-state index >= 15 is 0 Å². The smallest absolute Gasteiger partial charge is 0.0869 e. The van der Waals surface area contributed by atoms with Crippen molar-refractivity contribution in [3.05, 3.63) is 57.8 Å². The minimum atomic E-state index is -0.461. The molecule has 1 aromatic heterocycles. The van der Waals surface area contributed by atoms with E-state index in [2.05, 4.69) is 24.3 Å². The topological polar surface area (TPSA) is 46.2 Å². The van der Waals surface area contributed by atoms with Crippen LogP contribution in [0.2, 0.25) is 0 Å². The molecule has 1 aliphatic carbocycles. The molecule has 100 valence electrons. The van der Waals surface area contributed by atoms with Crippen LogP contribution in [0.3, 0.4) is 0 Å². The second-order valence-electron chi connectivity index (χ2n) is 5.47. The zero-order chi connectivity index (χ0) is 13.3. The lowest BCUT2D eigenvalue weighted by atomic mass is 9.67. The predicted molar refractivity (Wildman–Crippen MR) is 79.2 cm³/mol. The van der Waals surface area contributed by atoms with E-state index in [1.165, 1.54) is 11.1 Å². The number of aliphatic hydroxyl groups excluding tert-OH is 1. The van der Waals surface area contributed by atoms with E-state index in [-0.39, 0.29) is 5.41 Å². The molecule has 2 nitrogen and oxygen atoms in total. The third-order valence-corrected chi connectivity index (χ3v) is 5.10. The van der Waals surface area contributed by atoms with Crippen molar-refractivity contribution in [2.24, 2.45) is 11.1 Å². The van der Waals surface area contributed by atoms with Crippen LogP contribution in [-0.2, 0) is 12.8 Å². The van der Waals surface area contributed by atoms with Gasteiger partial charge in [0.05, 0.1) is 6.10 Å². The normalized spacial score (nSPS) is 23.9. The van der Waals surface area contributed by atoms with Gasteiger partial charge in [-0.2, -0.15) is 11.3 Å². The van der Waals surface area contributed by atoms with Gasteiger partial charge in [-0.05, 0) is 52.8 Å². The summed E-state index contributed by atoms with van der Waals surface area (Å²) in [6.45, 7) is 0.526. The molecular formula is C16H19NOS. The molecule has 2 atom stereocenters. The van der Waals surface area contributed by atoms with Crippen molar-refractivity contribution in [2.75, 3.05) is 6.54 Å². The Morgan fingerprint density at radius 1 is 1.26 bits per heavy atom. The summed E-state index contributed by atoms with van der Waals surface area (Å²) in [5.74, 6) is 0. The second-order valence-corrected chi connectivity index (χ2v) is 6.25. The third kappa shape index (κ3) is 2.22. The van der Waals surface area contributed by atoms with Crippen LogP contribution in [0.15, 0.2) is 41.1 Å². The Morgan fingerprint density at radius 2 is 2.05 bits per heavy atom. The van der Waals surface area contributed by atoms with Crippen LogP contribution in [0.25, 0.3) is 0 Å². The van der Waals surface area contributed by atoms with Crippen LogP contribution in [0.5, 0.6) is 0 Å². The van der Waals surface area contributed by atoms with Gasteiger partial charge in [0.2, 0.25) is 0 Å². The van der Waals surface area contributed by atoms with Gasteiger partial charge >= 0.3 is 0 Å². The zero-order valence-corrected chi connectivity index (χ0v) is 11.7. The Balaban J connectivity index is 1.94. The molecule has 3 rings (SSSR count). The number of aryl methyl sites for hydroxylation is 1. The van der Waals surface area contributed by atoms with Gasteiger partial charge in [0, 0.05) is 12.0 Å². The van der Waals surface area contributed by atoms with Gasteiger partial charge < -0.3 is 10.8 Å². The maximum Gasteiger partial charge on any atom is 0.0869 e. The molecular weight excluding hydrogens is 254 g/mol. The van der Waals surface area contributed by atoms with E-state index in [0.717, 1.165) is 24.8 Å². The van der Waals surface area contributed by atoms with E-state index in [1.54, 1.807) is 11.3 Å². The van der Waals surface area contributed by atoms with Crippen molar-refractivity contribution in [3.8, 4) is 0 Å². The minimum absolute atomic E-state index is 0.213. The lowest BCUT2D eigenvalue weighted by Crippen LogP contribution is -2.41. The molecule has 0 saturated carbocycles. The molecule has 1 heterocycles. The van der Waals surface area contributed by atoms with Crippen molar-refractivity contribution < 1.29 is 5.11 Å². The fourth-order valence-corrected chi connectivity index (χ4v) is 3.81. The molecule has 0 fully saturated rings. The van der Waals surface area contributed by atoms with Crippen LogP contribution in [-0.4, -0.2) is 11.7 Å². The summed E-state index contributed by atoms with van der Waals surface area (Å²) < 4.78 is 0. The van der Waals surface area contributed by atoms with Crippen molar-refractivity contribution in [1.82, 2.24) is 0 Å². The van der Waals surface area contributed by atoms with E-state index in [4.69, 9.17) is 5.73 Å². The average molecular weight is 273 g/mol. The van der Waals surface area contributed by atoms with Crippen LogP contribution in [0.4, 0.5) is 0 Å². The molecule has 1 aromatic carbocycles. The highest BCUT2D eigenvalue weighted by atomic mass is 32.1. The first-order valence-electron chi connectivity index (χ1n) is 6.72. The fourth-order valence-electron chi connectivity index (χ4n) is 3.13.